The fourth-order valence-corrected chi connectivity index (χ4v) is 4.37. The molecule has 1 aliphatic heterocycles. The second-order valence-corrected chi connectivity index (χ2v) is 8.37. The average Bonchev–Trinajstić information content (AvgIpc) is 2.95. The van der Waals surface area contributed by atoms with E-state index in [1.54, 1.807) is 6.20 Å². The van der Waals surface area contributed by atoms with Gasteiger partial charge in [-0.3, -0.25) is 14.7 Å². The van der Waals surface area contributed by atoms with E-state index in [1.165, 1.54) is 11.1 Å². The Hall–Kier alpha value is -3.18. The number of nitrogens with zero attached hydrogens (tertiary/aromatic N) is 3. The lowest BCUT2D eigenvalue weighted by molar-refractivity contribution is -0.133. The van der Waals surface area contributed by atoms with Gasteiger partial charge in [0.1, 0.15) is 5.75 Å². The van der Waals surface area contributed by atoms with Crippen LogP contribution in [0.2, 0.25) is 0 Å². The summed E-state index contributed by atoms with van der Waals surface area (Å²) in [6, 6.07) is 20.7. The second kappa shape index (κ2) is 10.4. The van der Waals surface area contributed by atoms with Gasteiger partial charge < -0.3 is 9.64 Å². The van der Waals surface area contributed by atoms with Gasteiger partial charge in [0, 0.05) is 51.2 Å². The molecule has 3 aromatic rings. The van der Waals surface area contributed by atoms with E-state index in [1.807, 2.05) is 49.3 Å². The van der Waals surface area contributed by atoms with Crippen molar-refractivity contribution < 1.29 is 9.53 Å². The lowest BCUT2D eigenvalue weighted by Gasteiger charge is -2.24. The van der Waals surface area contributed by atoms with E-state index in [4.69, 9.17) is 4.74 Å². The van der Waals surface area contributed by atoms with Gasteiger partial charge in [0.15, 0.2) is 0 Å². The SMILES string of the molecule is CCOc1ccc(CN2CCN(C)C(=O)[C@@H](Cc3ccccc3-c3cccnc3)C2)cc1. The maximum Gasteiger partial charge on any atom is 0.227 e. The summed E-state index contributed by atoms with van der Waals surface area (Å²) in [5.41, 5.74) is 4.66. The Morgan fingerprint density at radius 3 is 2.59 bits per heavy atom. The van der Waals surface area contributed by atoms with Crippen molar-refractivity contribution in [3.8, 4) is 16.9 Å². The van der Waals surface area contributed by atoms with Gasteiger partial charge in [-0.15, -0.1) is 0 Å². The molecule has 166 valence electrons. The molecular formula is C27H31N3O2. The van der Waals surface area contributed by atoms with Gasteiger partial charge >= 0.3 is 0 Å². The second-order valence-electron chi connectivity index (χ2n) is 8.37. The highest BCUT2D eigenvalue weighted by Gasteiger charge is 2.29. The minimum atomic E-state index is -0.0805. The van der Waals surface area contributed by atoms with Crippen LogP contribution in [0.15, 0.2) is 73.1 Å². The predicted octanol–water partition coefficient (Wildman–Crippen LogP) is 4.28. The number of carbonyl (C=O) groups is 1. The van der Waals surface area contributed by atoms with Crippen LogP contribution in [0, 0.1) is 5.92 Å². The largest absolute Gasteiger partial charge is 0.494 e. The van der Waals surface area contributed by atoms with Crippen LogP contribution in [0.1, 0.15) is 18.1 Å². The minimum absolute atomic E-state index is 0.0805. The Balaban J connectivity index is 1.52. The number of amides is 1. The summed E-state index contributed by atoms with van der Waals surface area (Å²) in [6.07, 6.45) is 4.39. The van der Waals surface area contributed by atoms with Gasteiger partial charge in [-0.1, -0.05) is 42.5 Å². The third-order valence-corrected chi connectivity index (χ3v) is 6.05. The molecule has 1 atom stereocenters. The summed E-state index contributed by atoms with van der Waals surface area (Å²) in [7, 11) is 1.92. The van der Waals surface area contributed by atoms with E-state index >= 15 is 0 Å². The highest BCUT2D eigenvalue weighted by Crippen LogP contribution is 2.27. The van der Waals surface area contributed by atoms with Crippen LogP contribution in [0.25, 0.3) is 11.1 Å². The van der Waals surface area contributed by atoms with Crippen molar-refractivity contribution in [2.24, 2.45) is 5.92 Å². The standard InChI is InChI=1S/C27H31N3O2/c1-3-32-25-12-10-21(11-13-25)19-30-16-15-29(2)27(31)24(20-30)17-22-7-4-5-9-26(22)23-8-6-14-28-18-23/h4-14,18,24H,3,15-17,19-20H2,1-2H3/t24-/m0/s1. The Morgan fingerprint density at radius 1 is 1.03 bits per heavy atom. The molecule has 32 heavy (non-hydrogen) atoms. The van der Waals surface area contributed by atoms with Crippen molar-refractivity contribution in [2.45, 2.75) is 19.9 Å². The monoisotopic (exact) mass is 429 g/mol. The molecule has 5 heteroatoms. The van der Waals surface area contributed by atoms with Crippen molar-refractivity contribution in [2.75, 3.05) is 33.3 Å². The van der Waals surface area contributed by atoms with Crippen molar-refractivity contribution in [1.82, 2.24) is 14.8 Å². The number of ether oxygens (including phenoxy) is 1. The van der Waals surface area contributed by atoms with Crippen LogP contribution in [0.3, 0.4) is 0 Å². The summed E-state index contributed by atoms with van der Waals surface area (Å²) in [4.78, 5) is 21.7. The van der Waals surface area contributed by atoms with Gasteiger partial charge in [-0.25, -0.2) is 0 Å². The number of carbonyl (C=O) groups excluding carboxylic acids is 1. The molecule has 1 aromatic heterocycles. The molecule has 4 rings (SSSR count). The number of hydrogen-bond acceptors (Lipinski definition) is 4. The lowest BCUT2D eigenvalue weighted by Crippen LogP contribution is -2.34. The first-order chi connectivity index (χ1) is 15.6. The van der Waals surface area contributed by atoms with Gasteiger partial charge in [0.2, 0.25) is 5.91 Å². The van der Waals surface area contributed by atoms with Crippen molar-refractivity contribution in [1.29, 1.82) is 0 Å². The fraction of sp³-hybridized carbons (Fsp3) is 0.333. The van der Waals surface area contributed by atoms with Crippen LogP contribution in [0.5, 0.6) is 5.75 Å². The molecule has 1 aliphatic rings. The van der Waals surface area contributed by atoms with Crippen LogP contribution in [0.4, 0.5) is 0 Å². The number of rotatable bonds is 7. The number of pyridine rings is 1. The van der Waals surface area contributed by atoms with Crippen molar-refractivity contribution in [3.63, 3.8) is 0 Å². The quantitative estimate of drug-likeness (QED) is 0.562. The number of hydrogen-bond donors (Lipinski definition) is 0. The predicted molar refractivity (Wildman–Crippen MR) is 127 cm³/mol. The molecule has 0 radical (unpaired) electrons. The normalized spacial score (nSPS) is 17.2. The topological polar surface area (TPSA) is 45.7 Å². The molecule has 2 heterocycles. The molecule has 0 unspecified atom stereocenters. The number of benzene rings is 2. The molecule has 1 saturated heterocycles. The van der Waals surface area contributed by atoms with Crippen molar-refractivity contribution in [3.05, 3.63) is 84.2 Å². The summed E-state index contributed by atoms with van der Waals surface area (Å²) in [5.74, 6) is 1.04. The maximum absolute atomic E-state index is 13.2. The molecule has 1 fully saturated rings. The summed E-state index contributed by atoms with van der Waals surface area (Å²) in [5, 5.41) is 0. The first-order valence-corrected chi connectivity index (χ1v) is 11.3. The van der Waals surface area contributed by atoms with Gasteiger partial charge in [0.05, 0.1) is 12.5 Å². The zero-order valence-electron chi connectivity index (χ0n) is 18.9. The van der Waals surface area contributed by atoms with E-state index in [-0.39, 0.29) is 11.8 Å². The zero-order valence-corrected chi connectivity index (χ0v) is 18.9. The van der Waals surface area contributed by atoms with Crippen molar-refractivity contribution >= 4 is 5.91 Å². The van der Waals surface area contributed by atoms with Gasteiger partial charge in [0.25, 0.3) is 0 Å². The first-order valence-electron chi connectivity index (χ1n) is 11.3. The highest BCUT2D eigenvalue weighted by molar-refractivity contribution is 5.80. The van der Waals surface area contributed by atoms with E-state index in [0.29, 0.717) is 13.0 Å². The Morgan fingerprint density at radius 2 is 1.84 bits per heavy atom. The smallest absolute Gasteiger partial charge is 0.227 e. The molecule has 0 N–H and O–H groups in total. The summed E-state index contributed by atoms with van der Waals surface area (Å²) < 4.78 is 5.56. The van der Waals surface area contributed by atoms with Crippen LogP contribution in [-0.2, 0) is 17.8 Å². The van der Waals surface area contributed by atoms with Gasteiger partial charge in [-0.05, 0) is 48.2 Å². The highest BCUT2D eigenvalue weighted by atomic mass is 16.5. The number of aromatic nitrogens is 1. The summed E-state index contributed by atoms with van der Waals surface area (Å²) in [6.45, 7) is 5.85. The van der Waals surface area contributed by atoms with E-state index < -0.39 is 0 Å². The molecule has 1 amide bonds. The third-order valence-electron chi connectivity index (χ3n) is 6.05. The molecule has 0 spiro atoms. The van der Waals surface area contributed by atoms with Crippen LogP contribution >= 0.6 is 0 Å². The minimum Gasteiger partial charge on any atom is -0.494 e. The Labute approximate surface area is 190 Å². The summed E-state index contributed by atoms with van der Waals surface area (Å²) >= 11 is 0. The van der Waals surface area contributed by atoms with E-state index in [0.717, 1.165) is 43.1 Å². The molecular weight excluding hydrogens is 398 g/mol. The molecule has 0 bridgehead atoms. The molecule has 0 saturated carbocycles. The molecule has 5 nitrogen and oxygen atoms in total. The van der Waals surface area contributed by atoms with Gasteiger partial charge in [-0.2, -0.15) is 0 Å². The zero-order chi connectivity index (χ0) is 22.3. The fourth-order valence-electron chi connectivity index (χ4n) is 4.37. The van der Waals surface area contributed by atoms with E-state index in [9.17, 15) is 4.79 Å². The lowest BCUT2D eigenvalue weighted by atomic mass is 9.91. The molecule has 2 aromatic carbocycles. The Bertz CT molecular complexity index is 1020. The average molecular weight is 430 g/mol. The first kappa shape index (κ1) is 22.0. The maximum atomic E-state index is 13.2. The van der Waals surface area contributed by atoms with Crippen LogP contribution < -0.4 is 4.74 Å². The number of likely N-dealkylation sites (N-methyl/N-ethyl adjacent to an activating group) is 1. The Kier molecular flexibility index (Phi) is 7.17. The molecule has 0 aliphatic carbocycles. The van der Waals surface area contributed by atoms with Crippen LogP contribution in [-0.4, -0.2) is 54.0 Å². The van der Waals surface area contributed by atoms with E-state index in [2.05, 4.69) is 46.3 Å². The third kappa shape index (κ3) is 5.35.